The van der Waals surface area contributed by atoms with Crippen molar-refractivity contribution >= 4 is 23.6 Å². The molecule has 180 valence electrons. The quantitative estimate of drug-likeness (QED) is 0.424. The van der Waals surface area contributed by atoms with E-state index in [0.717, 1.165) is 4.90 Å². The van der Waals surface area contributed by atoms with Crippen LogP contribution in [0.3, 0.4) is 0 Å². The van der Waals surface area contributed by atoms with Crippen LogP contribution in [0, 0.1) is 12.5 Å². The maximum Gasteiger partial charge on any atom is 0.408 e. The Morgan fingerprint density at radius 1 is 1.12 bits per heavy atom. The normalized spacial score (nSPS) is 12.5. The molecule has 3 N–H and O–H groups in total. The van der Waals surface area contributed by atoms with Gasteiger partial charge >= 0.3 is 6.09 Å². The first-order chi connectivity index (χ1) is 15.9. The van der Waals surface area contributed by atoms with Crippen molar-refractivity contribution in [2.24, 2.45) is 0 Å². The minimum atomic E-state index is -1.30. The van der Waals surface area contributed by atoms with Gasteiger partial charge in [0.2, 0.25) is 0 Å². The molecular formula is C25H29N3O6. The van der Waals surface area contributed by atoms with E-state index in [-0.39, 0.29) is 11.3 Å². The lowest BCUT2D eigenvalue weighted by Gasteiger charge is -2.29. The van der Waals surface area contributed by atoms with E-state index in [0.29, 0.717) is 11.4 Å². The Balaban J connectivity index is 2.33. The highest BCUT2D eigenvalue weighted by atomic mass is 16.6. The molecule has 3 amide bonds. The number of carbonyl (C=O) groups is 3. The molecule has 0 radical (unpaired) electrons. The summed E-state index contributed by atoms with van der Waals surface area (Å²) < 4.78 is 10.3. The van der Waals surface area contributed by atoms with Crippen LogP contribution in [0.15, 0.2) is 48.5 Å². The van der Waals surface area contributed by atoms with Gasteiger partial charge in [-0.3, -0.25) is 14.5 Å². The predicted octanol–water partition coefficient (Wildman–Crippen LogP) is 3.41. The summed E-state index contributed by atoms with van der Waals surface area (Å²) in [6.07, 6.45) is 4.84. The number of nitrogens with one attached hydrogen (secondary N) is 2. The smallest absolute Gasteiger partial charge is 0.408 e. The molecule has 0 spiro atoms. The monoisotopic (exact) mass is 467 g/mol. The summed E-state index contributed by atoms with van der Waals surface area (Å²) in [6, 6.07) is 12.3. The third-order valence-electron chi connectivity index (χ3n) is 4.53. The van der Waals surface area contributed by atoms with E-state index in [9.17, 15) is 19.5 Å². The molecular weight excluding hydrogens is 438 g/mol. The lowest BCUT2D eigenvalue weighted by Crippen LogP contribution is -2.49. The standard InChI is InChI=1S/C25H29N3O6/c1-7-28(23(31)16(2)26-24(32)34-25(3,4)5)21(17-9-8-10-19(29)15-17)22(30)27-18-11-13-20(33-6)14-12-18/h1,8-16,21,29H,2-6H3,(H,26,32)(H,27,30). The van der Waals surface area contributed by atoms with Gasteiger partial charge in [0.05, 0.1) is 7.11 Å². The van der Waals surface area contributed by atoms with Crippen LogP contribution < -0.4 is 15.4 Å². The summed E-state index contributed by atoms with van der Waals surface area (Å²) in [4.78, 5) is 39.4. The lowest BCUT2D eigenvalue weighted by atomic mass is 10.0. The number of anilines is 1. The first kappa shape index (κ1) is 26.1. The molecule has 0 aliphatic rings. The minimum absolute atomic E-state index is 0.107. The summed E-state index contributed by atoms with van der Waals surface area (Å²) >= 11 is 0. The number of nitrogens with zero attached hydrogens (tertiary/aromatic N) is 1. The number of hydrogen-bond donors (Lipinski definition) is 3. The number of amides is 3. The van der Waals surface area contributed by atoms with Gasteiger partial charge in [0, 0.05) is 11.7 Å². The van der Waals surface area contributed by atoms with Crippen LogP contribution >= 0.6 is 0 Å². The molecule has 2 rings (SSSR count). The zero-order valence-electron chi connectivity index (χ0n) is 19.8. The number of methoxy groups -OCH3 is 1. The Bertz CT molecular complexity index is 1070. The molecule has 9 nitrogen and oxygen atoms in total. The molecule has 0 fully saturated rings. The van der Waals surface area contributed by atoms with Crippen LogP contribution in [0.5, 0.6) is 11.5 Å². The Hall–Kier alpha value is -4.19. The Morgan fingerprint density at radius 2 is 1.76 bits per heavy atom. The summed E-state index contributed by atoms with van der Waals surface area (Å²) in [6.45, 7) is 6.49. The molecule has 2 unspecified atom stereocenters. The van der Waals surface area contributed by atoms with E-state index < -0.39 is 35.6 Å². The van der Waals surface area contributed by atoms with Crippen LogP contribution in [0.4, 0.5) is 10.5 Å². The van der Waals surface area contributed by atoms with Crippen molar-refractivity contribution in [1.29, 1.82) is 0 Å². The molecule has 2 aromatic rings. The summed E-state index contributed by atoms with van der Waals surface area (Å²) in [5, 5.41) is 15.1. The number of carbonyl (C=O) groups excluding carboxylic acids is 3. The van der Waals surface area contributed by atoms with Crippen molar-refractivity contribution in [2.75, 3.05) is 12.4 Å². The molecule has 0 aliphatic heterocycles. The number of terminal acetylenes is 1. The molecule has 0 aliphatic carbocycles. The van der Waals surface area contributed by atoms with Gasteiger partial charge in [-0.05, 0) is 69.7 Å². The predicted molar refractivity (Wildman–Crippen MR) is 127 cm³/mol. The van der Waals surface area contributed by atoms with Crippen LogP contribution in [0.1, 0.15) is 39.3 Å². The number of alkyl carbamates (subject to hydrolysis) is 1. The maximum atomic E-state index is 13.3. The molecule has 2 atom stereocenters. The van der Waals surface area contributed by atoms with Crippen molar-refractivity contribution < 1.29 is 29.0 Å². The van der Waals surface area contributed by atoms with Crippen LogP contribution in [-0.2, 0) is 14.3 Å². The fourth-order valence-electron chi connectivity index (χ4n) is 3.02. The van der Waals surface area contributed by atoms with Gasteiger partial charge in [-0.2, -0.15) is 0 Å². The topological polar surface area (TPSA) is 117 Å². The second kappa shape index (κ2) is 11.1. The van der Waals surface area contributed by atoms with Gasteiger partial charge in [0.15, 0.2) is 0 Å². The Kier molecular flexibility index (Phi) is 8.51. The third kappa shape index (κ3) is 7.17. The molecule has 0 saturated carbocycles. The second-order valence-electron chi connectivity index (χ2n) is 8.42. The number of benzene rings is 2. The molecule has 34 heavy (non-hydrogen) atoms. The number of hydrogen-bond acceptors (Lipinski definition) is 6. The molecule has 0 heterocycles. The number of ether oxygens (including phenoxy) is 2. The molecule has 0 aromatic heterocycles. The first-order valence-corrected chi connectivity index (χ1v) is 10.5. The molecule has 0 saturated heterocycles. The maximum absolute atomic E-state index is 13.3. The van der Waals surface area contributed by atoms with Crippen LogP contribution in [-0.4, -0.2) is 46.7 Å². The fraction of sp³-hybridized carbons (Fsp3) is 0.320. The van der Waals surface area contributed by atoms with E-state index in [2.05, 4.69) is 16.7 Å². The Labute approximate surface area is 199 Å². The fourth-order valence-corrected chi connectivity index (χ4v) is 3.02. The van der Waals surface area contributed by atoms with Crippen molar-refractivity contribution in [2.45, 2.75) is 45.4 Å². The summed E-state index contributed by atoms with van der Waals surface area (Å²) in [5.41, 5.74) is -0.0387. The molecule has 9 heteroatoms. The highest BCUT2D eigenvalue weighted by Gasteiger charge is 2.34. The number of phenolic OH excluding ortho intramolecular Hbond substituents is 1. The van der Waals surface area contributed by atoms with Gasteiger partial charge in [0.25, 0.3) is 11.8 Å². The van der Waals surface area contributed by atoms with Crippen molar-refractivity contribution in [1.82, 2.24) is 10.2 Å². The molecule has 2 aromatic carbocycles. The minimum Gasteiger partial charge on any atom is -0.508 e. The van der Waals surface area contributed by atoms with E-state index in [1.165, 1.54) is 32.2 Å². The largest absolute Gasteiger partial charge is 0.508 e. The number of phenols is 1. The van der Waals surface area contributed by atoms with Gasteiger partial charge in [-0.25, -0.2) is 4.79 Å². The lowest BCUT2D eigenvalue weighted by molar-refractivity contribution is -0.136. The van der Waals surface area contributed by atoms with Gasteiger partial charge in [-0.1, -0.05) is 18.6 Å². The highest BCUT2D eigenvalue weighted by Crippen LogP contribution is 2.26. The number of rotatable bonds is 7. The number of aromatic hydroxyl groups is 1. The van der Waals surface area contributed by atoms with Crippen LogP contribution in [0.25, 0.3) is 0 Å². The van der Waals surface area contributed by atoms with E-state index in [4.69, 9.17) is 15.9 Å². The first-order valence-electron chi connectivity index (χ1n) is 10.5. The molecule has 0 bridgehead atoms. The highest BCUT2D eigenvalue weighted by molar-refractivity contribution is 5.99. The van der Waals surface area contributed by atoms with Crippen molar-refractivity contribution in [3.63, 3.8) is 0 Å². The zero-order chi connectivity index (χ0) is 25.5. The second-order valence-corrected chi connectivity index (χ2v) is 8.42. The summed E-state index contributed by atoms with van der Waals surface area (Å²) in [7, 11) is 1.52. The van der Waals surface area contributed by atoms with E-state index in [1.807, 2.05) is 0 Å². The third-order valence-corrected chi connectivity index (χ3v) is 4.53. The van der Waals surface area contributed by atoms with Crippen LogP contribution in [0.2, 0.25) is 0 Å². The average Bonchev–Trinajstić information content (AvgIpc) is 2.75. The zero-order valence-corrected chi connectivity index (χ0v) is 19.8. The SMILES string of the molecule is C#CN(C(=O)C(C)NC(=O)OC(C)(C)C)C(C(=O)Nc1ccc(OC)cc1)c1cccc(O)c1. The van der Waals surface area contributed by atoms with Gasteiger partial charge in [-0.15, -0.1) is 0 Å². The van der Waals surface area contributed by atoms with Gasteiger partial charge in [0.1, 0.15) is 29.2 Å². The Morgan fingerprint density at radius 3 is 2.29 bits per heavy atom. The summed E-state index contributed by atoms with van der Waals surface area (Å²) in [5.74, 6) is -0.841. The van der Waals surface area contributed by atoms with E-state index >= 15 is 0 Å². The van der Waals surface area contributed by atoms with Gasteiger partial charge < -0.3 is 25.2 Å². The average molecular weight is 468 g/mol. The van der Waals surface area contributed by atoms with Crippen molar-refractivity contribution in [3.8, 4) is 24.0 Å². The van der Waals surface area contributed by atoms with E-state index in [1.54, 1.807) is 51.1 Å². The van der Waals surface area contributed by atoms with Crippen molar-refractivity contribution in [3.05, 3.63) is 54.1 Å².